The van der Waals surface area contributed by atoms with Crippen molar-refractivity contribution in [2.75, 3.05) is 19.6 Å². The summed E-state index contributed by atoms with van der Waals surface area (Å²) in [5.74, 6) is -0.662. The molecule has 120 valence electrons. The number of carbonyl (C=O) groups is 2. The molecule has 0 spiro atoms. The second-order valence-electron chi connectivity index (χ2n) is 4.58. The number of amides is 2. The lowest BCUT2D eigenvalue weighted by atomic mass is 10.1. The van der Waals surface area contributed by atoms with Crippen LogP contribution in [0.2, 0.25) is 0 Å². The number of nitrogens with zero attached hydrogens (tertiary/aromatic N) is 1. The topological polar surface area (TPSA) is 153 Å². The number of hydrogen-bond acceptors (Lipinski definition) is 6. The van der Waals surface area contributed by atoms with Crippen LogP contribution in [0.15, 0.2) is 24.3 Å². The van der Waals surface area contributed by atoms with E-state index in [-0.39, 0.29) is 43.6 Å². The van der Waals surface area contributed by atoms with Crippen LogP contribution in [0.1, 0.15) is 5.56 Å². The number of rotatable bonds is 8. The Bertz CT molecular complexity index is 532. The maximum absolute atomic E-state index is 11.8. The van der Waals surface area contributed by atoms with Crippen molar-refractivity contribution < 1.29 is 14.5 Å². The van der Waals surface area contributed by atoms with Crippen LogP contribution < -0.4 is 22.1 Å². The number of hydrogen-bond donors (Lipinski definition) is 4. The predicted molar refractivity (Wildman–Crippen MR) is 79.8 cm³/mol. The van der Waals surface area contributed by atoms with Gasteiger partial charge in [-0.05, 0) is 12.0 Å². The second-order valence-corrected chi connectivity index (χ2v) is 4.58. The smallest absolute Gasteiger partial charge is 0.269 e. The van der Waals surface area contributed by atoms with Gasteiger partial charge in [0.15, 0.2) is 0 Å². The monoisotopic (exact) mass is 309 g/mol. The highest BCUT2D eigenvalue weighted by molar-refractivity contribution is 5.82. The maximum Gasteiger partial charge on any atom is 0.269 e. The highest BCUT2D eigenvalue weighted by atomic mass is 16.6. The van der Waals surface area contributed by atoms with Gasteiger partial charge in [-0.1, -0.05) is 12.1 Å². The first-order chi connectivity index (χ1) is 10.4. The molecule has 6 N–H and O–H groups in total. The van der Waals surface area contributed by atoms with Crippen LogP contribution in [0, 0.1) is 10.1 Å². The number of benzene rings is 1. The van der Waals surface area contributed by atoms with Crippen molar-refractivity contribution in [1.82, 2.24) is 10.6 Å². The molecule has 0 aliphatic carbocycles. The summed E-state index contributed by atoms with van der Waals surface area (Å²) in [6.45, 7) is 0.415. The summed E-state index contributed by atoms with van der Waals surface area (Å²) in [6, 6.07) is 5.08. The Hall–Kier alpha value is -2.52. The summed E-state index contributed by atoms with van der Waals surface area (Å²) in [5, 5.41) is 15.6. The molecule has 9 heteroatoms. The molecule has 0 fully saturated rings. The summed E-state index contributed by atoms with van der Waals surface area (Å²) in [7, 11) is 0. The molecule has 0 saturated carbocycles. The number of nitrogens with two attached hydrogens (primary N) is 2. The molecule has 1 aromatic carbocycles. The van der Waals surface area contributed by atoms with Gasteiger partial charge in [-0.15, -0.1) is 0 Å². The van der Waals surface area contributed by atoms with E-state index in [2.05, 4.69) is 10.6 Å². The van der Waals surface area contributed by atoms with Crippen LogP contribution in [0.3, 0.4) is 0 Å². The van der Waals surface area contributed by atoms with E-state index in [1.165, 1.54) is 12.1 Å². The highest BCUT2D eigenvalue weighted by Gasteiger charge is 2.14. The van der Waals surface area contributed by atoms with Crippen molar-refractivity contribution in [1.29, 1.82) is 0 Å². The van der Waals surface area contributed by atoms with Crippen molar-refractivity contribution in [2.24, 2.45) is 11.5 Å². The van der Waals surface area contributed by atoms with E-state index < -0.39 is 11.0 Å². The fraction of sp³-hybridized carbons (Fsp3) is 0.385. The van der Waals surface area contributed by atoms with Gasteiger partial charge in [0.25, 0.3) is 5.69 Å². The van der Waals surface area contributed by atoms with Gasteiger partial charge < -0.3 is 22.1 Å². The van der Waals surface area contributed by atoms with E-state index in [1.54, 1.807) is 12.1 Å². The van der Waals surface area contributed by atoms with Crippen LogP contribution in [0.25, 0.3) is 0 Å². The third kappa shape index (κ3) is 5.85. The Balaban J connectivity index is 2.37. The molecule has 0 heterocycles. The molecule has 0 radical (unpaired) electrons. The minimum absolute atomic E-state index is 0.0163. The highest BCUT2D eigenvalue weighted by Crippen LogP contribution is 2.12. The largest absolute Gasteiger partial charge is 0.353 e. The zero-order valence-corrected chi connectivity index (χ0v) is 12.0. The molecule has 9 nitrogen and oxygen atoms in total. The van der Waals surface area contributed by atoms with Crippen molar-refractivity contribution in [3.63, 3.8) is 0 Å². The SMILES string of the molecule is NCC(=O)NCCNC(=O)[C@@H](N)Cc1ccc([N+](=O)[O-])cc1. The average Bonchev–Trinajstić information content (AvgIpc) is 2.51. The third-order valence-electron chi connectivity index (χ3n) is 2.87. The van der Waals surface area contributed by atoms with Gasteiger partial charge in [0.1, 0.15) is 0 Å². The molecule has 0 unspecified atom stereocenters. The van der Waals surface area contributed by atoms with E-state index in [9.17, 15) is 19.7 Å². The van der Waals surface area contributed by atoms with E-state index in [4.69, 9.17) is 11.5 Å². The number of carbonyl (C=O) groups excluding carboxylic acids is 2. The average molecular weight is 309 g/mol. The predicted octanol–water partition coefficient (Wildman–Crippen LogP) is -1.34. The second kappa shape index (κ2) is 8.70. The Morgan fingerprint density at radius 3 is 2.32 bits per heavy atom. The van der Waals surface area contributed by atoms with Crippen LogP contribution >= 0.6 is 0 Å². The van der Waals surface area contributed by atoms with E-state index in [1.807, 2.05) is 0 Å². The van der Waals surface area contributed by atoms with Gasteiger partial charge in [-0.25, -0.2) is 0 Å². The first kappa shape index (κ1) is 17.5. The molecular weight excluding hydrogens is 290 g/mol. The standard InChI is InChI=1S/C13H19N5O4/c14-8-12(19)16-5-6-17-13(20)11(15)7-9-1-3-10(4-2-9)18(21)22/h1-4,11H,5-8,14-15H2,(H,16,19)(H,17,20)/t11-/m0/s1. The third-order valence-corrected chi connectivity index (χ3v) is 2.87. The fourth-order valence-corrected chi connectivity index (χ4v) is 1.69. The summed E-state index contributed by atoms with van der Waals surface area (Å²) < 4.78 is 0. The number of nitro groups is 1. The molecular formula is C13H19N5O4. The minimum Gasteiger partial charge on any atom is -0.353 e. The van der Waals surface area contributed by atoms with Gasteiger partial charge in [0.2, 0.25) is 11.8 Å². The van der Waals surface area contributed by atoms with Crippen LogP contribution in [-0.2, 0) is 16.0 Å². The molecule has 0 aromatic heterocycles. The van der Waals surface area contributed by atoms with Gasteiger partial charge >= 0.3 is 0 Å². The van der Waals surface area contributed by atoms with Gasteiger partial charge in [0.05, 0.1) is 17.5 Å². The van der Waals surface area contributed by atoms with E-state index in [0.29, 0.717) is 0 Å². The Labute approximate surface area is 127 Å². The fourth-order valence-electron chi connectivity index (χ4n) is 1.69. The number of nitrogens with one attached hydrogen (secondary N) is 2. The molecule has 0 saturated heterocycles. The van der Waals surface area contributed by atoms with Crippen LogP contribution in [0.5, 0.6) is 0 Å². The van der Waals surface area contributed by atoms with Gasteiger partial charge in [-0.3, -0.25) is 19.7 Å². The number of non-ortho nitro benzene ring substituents is 1. The quantitative estimate of drug-likeness (QED) is 0.265. The summed E-state index contributed by atoms with van der Waals surface area (Å²) in [5.41, 5.74) is 11.6. The molecule has 2 amide bonds. The van der Waals surface area contributed by atoms with Gasteiger partial charge in [-0.2, -0.15) is 0 Å². The molecule has 22 heavy (non-hydrogen) atoms. The van der Waals surface area contributed by atoms with Crippen molar-refractivity contribution in [2.45, 2.75) is 12.5 Å². The number of nitro benzene ring substituents is 1. The zero-order chi connectivity index (χ0) is 16.5. The van der Waals surface area contributed by atoms with Crippen LogP contribution in [0.4, 0.5) is 5.69 Å². The molecule has 0 aliphatic heterocycles. The summed E-state index contributed by atoms with van der Waals surface area (Å²) in [6.07, 6.45) is 0.263. The summed E-state index contributed by atoms with van der Waals surface area (Å²) in [4.78, 5) is 32.7. The minimum atomic E-state index is -0.772. The van der Waals surface area contributed by atoms with Crippen molar-refractivity contribution >= 4 is 17.5 Å². The molecule has 1 aromatic rings. The maximum atomic E-state index is 11.8. The first-order valence-corrected chi connectivity index (χ1v) is 6.67. The van der Waals surface area contributed by atoms with Crippen molar-refractivity contribution in [3.8, 4) is 0 Å². The molecule has 0 aliphatic rings. The van der Waals surface area contributed by atoms with E-state index >= 15 is 0 Å². The summed E-state index contributed by atoms with van der Waals surface area (Å²) >= 11 is 0. The molecule has 1 atom stereocenters. The van der Waals surface area contributed by atoms with E-state index in [0.717, 1.165) is 5.56 Å². The Morgan fingerprint density at radius 2 is 1.77 bits per heavy atom. The van der Waals surface area contributed by atoms with Crippen LogP contribution in [-0.4, -0.2) is 42.4 Å². The molecule has 0 bridgehead atoms. The zero-order valence-electron chi connectivity index (χ0n) is 12.0. The van der Waals surface area contributed by atoms with Gasteiger partial charge in [0, 0.05) is 25.2 Å². The lowest BCUT2D eigenvalue weighted by molar-refractivity contribution is -0.384. The van der Waals surface area contributed by atoms with Crippen molar-refractivity contribution in [3.05, 3.63) is 39.9 Å². The Kier molecular flexibility index (Phi) is 6.93. The lowest BCUT2D eigenvalue weighted by Gasteiger charge is -2.12. The normalized spacial score (nSPS) is 11.5. The lowest BCUT2D eigenvalue weighted by Crippen LogP contribution is -2.45. The Morgan fingerprint density at radius 1 is 1.18 bits per heavy atom. The molecule has 1 rings (SSSR count). The first-order valence-electron chi connectivity index (χ1n) is 6.67.